The molecule has 1 N–H and O–H groups in total. The Morgan fingerprint density at radius 3 is 2.62 bits per heavy atom. The van der Waals surface area contributed by atoms with Crippen LogP contribution in [0.2, 0.25) is 0 Å². The number of nitro groups is 1. The Bertz CT molecular complexity index is 614. The van der Waals surface area contributed by atoms with Crippen molar-refractivity contribution < 1.29 is 19.6 Å². The van der Waals surface area contributed by atoms with Gasteiger partial charge in [-0.3, -0.25) is 15.0 Å². The maximum absolute atomic E-state index is 12.3. The van der Waals surface area contributed by atoms with E-state index in [4.69, 9.17) is 4.74 Å². The largest absolute Gasteiger partial charge is 0.444 e. The van der Waals surface area contributed by atoms with Crippen LogP contribution in [-0.2, 0) is 4.74 Å². The van der Waals surface area contributed by atoms with Gasteiger partial charge in [-0.05, 0) is 26.8 Å². The van der Waals surface area contributed by atoms with E-state index in [9.17, 15) is 20.0 Å². The van der Waals surface area contributed by atoms with Crippen molar-refractivity contribution in [3.63, 3.8) is 0 Å². The molecule has 0 aliphatic carbocycles. The van der Waals surface area contributed by atoms with Gasteiger partial charge >= 0.3 is 6.09 Å². The van der Waals surface area contributed by atoms with Gasteiger partial charge in [-0.1, -0.05) is 12.1 Å². The summed E-state index contributed by atoms with van der Waals surface area (Å²) >= 11 is 0. The third-order valence-electron chi connectivity index (χ3n) is 3.74. The lowest BCUT2D eigenvalue weighted by atomic mass is 10.1. The predicted molar refractivity (Wildman–Crippen MR) is 89.1 cm³/mol. The lowest BCUT2D eigenvalue weighted by molar-refractivity contribution is -0.384. The first-order valence-electron chi connectivity index (χ1n) is 7.82. The predicted octanol–water partition coefficient (Wildman–Crippen LogP) is 2.01. The van der Waals surface area contributed by atoms with E-state index in [1.165, 1.54) is 11.0 Å². The van der Waals surface area contributed by atoms with E-state index in [0.717, 1.165) is 0 Å². The normalized spacial score (nSPS) is 18.4. The van der Waals surface area contributed by atoms with Gasteiger partial charge in [0.15, 0.2) is 0 Å². The fourth-order valence-electron chi connectivity index (χ4n) is 2.68. The quantitative estimate of drug-likeness (QED) is 0.669. The molecule has 1 unspecified atom stereocenters. The van der Waals surface area contributed by atoms with Crippen molar-refractivity contribution in [1.82, 2.24) is 4.90 Å². The van der Waals surface area contributed by atoms with Crippen LogP contribution < -0.4 is 4.90 Å². The molecule has 1 aliphatic rings. The molecule has 0 saturated carbocycles. The molecule has 1 amide bonds. The van der Waals surface area contributed by atoms with E-state index in [2.05, 4.69) is 0 Å². The van der Waals surface area contributed by atoms with Crippen LogP contribution in [0.15, 0.2) is 24.3 Å². The van der Waals surface area contributed by atoms with Crippen molar-refractivity contribution in [3.8, 4) is 0 Å². The molecular formula is C16H23N3O5. The summed E-state index contributed by atoms with van der Waals surface area (Å²) in [5.74, 6) is 0. The van der Waals surface area contributed by atoms with Gasteiger partial charge in [0.05, 0.1) is 17.6 Å². The zero-order valence-corrected chi connectivity index (χ0v) is 14.1. The number of carbonyl (C=O) groups excluding carboxylic acids is 1. The van der Waals surface area contributed by atoms with E-state index in [-0.39, 0.29) is 12.3 Å². The Balaban J connectivity index is 2.16. The number of para-hydroxylation sites is 2. The van der Waals surface area contributed by atoms with E-state index >= 15 is 0 Å². The minimum absolute atomic E-state index is 0.0138. The molecule has 24 heavy (non-hydrogen) atoms. The number of hydrogen-bond donors (Lipinski definition) is 1. The number of aliphatic hydroxyl groups is 1. The van der Waals surface area contributed by atoms with Gasteiger partial charge in [0.2, 0.25) is 0 Å². The first kappa shape index (κ1) is 18.0. The molecule has 132 valence electrons. The Kier molecular flexibility index (Phi) is 5.28. The number of amides is 1. The second-order valence-electron chi connectivity index (χ2n) is 6.70. The number of nitro benzene ring substituents is 1. The summed E-state index contributed by atoms with van der Waals surface area (Å²) in [7, 11) is 0. The summed E-state index contributed by atoms with van der Waals surface area (Å²) in [6, 6.07) is 5.99. The lowest BCUT2D eigenvalue weighted by Crippen LogP contribution is -2.57. The van der Waals surface area contributed by atoms with Crippen LogP contribution in [0.3, 0.4) is 0 Å². The SMILES string of the molecule is CC(C)(C)OC(=O)N1CCN(c2ccccc2[N+](=O)[O-])CC1CO. The summed E-state index contributed by atoms with van der Waals surface area (Å²) < 4.78 is 5.36. The topological polar surface area (TPSA) is 96.2 Å². The molecule has 2 rings (SSSR count). The fourth-order valence-corrected chi connectivity index (χ4v) is 2.68. The van der Waals surface area contributed by atoms with Crippen LogP contribution in [0.1, 0.15) is 20.8 Å². The highest BCUT2D eigenvalue weighted by Gasteiger charge is 2.34. The fraction of sp³-hybridized carbons (Fsp3) is 0.562. The third-order valence-corrected chi connectivity index (χ3v) is 3.74. The molecule has 1 saturated heterocycles. The maximum Gasteiger partial charge on any atom is 0.410 e. The smallest absolute Gasteiger partial charge is 0.410 e. The molecule has 8 nitrogen and oxygen atoms in total. The highest BCUT2D eigenvalue weighted by Crippen LogP contribution is 2.29. The molecular weight excluding hydrogens is 314 g/mol. The molecule has 1 aromatic rings. The molecule has 8 heteroatoms. The summed E-state index contributed by atoms with van der Waals surface area (Å²) in [5, 5.41) is 20.8. The van der Waals surface area contributed by atoms with Crippen LogP contribution in [0.5, 0.6) is 0 Å². The first-order valence-corrected chi connectivity index (χ1v) is 7.82. The zero-order chi connectivity index (χ0) is 17.9. The summed E-state index contributed by atoms with van der Waals surface area (Å²) in [6.07, 6.45) is -0.483. The van der Waals surface area contributed by atoms with Gasteiger partial charge in [-0.2, -0.15) is 0 Å². The second-order valence-corrected chi connectivity index (χ2v) is 6.70. The van der Waals surface area contributed by atoms with Crippen molar-refractivity contribution in [2.45, 2.75) is 32.4 Å². The first-order chi connectivity index (χ1) is 11.2. The second kappa shape index (κ2) is 7.04. The number of aliphatic hydroxyl groups excluding tert-OH is 1. The lowest BCUT2D eigenvalue weighted by Gasteiger charge is -2.41. The van der Waals surface area contributed by atoms with Crippen molar-refractivity contribution in [1.29, 1.82) is 0 Å². The Morgan fingerprint density at radius 1 is 1.38 bits per heavy atom. The van der Waals surface area contributed by atoms with Gasteiger partial charge < -0.3 is 14.7 Å². The highest BCUT2D eigenvalue weighted by atomic mass is 16.6. The summed E-state index contributed by atoms with van der Waals surface area (Å²) in [4.78, 5) is 26.3. The molecule has 1 aliphatic heterocycles. The van der Waals surface area contributed by atoms with Gasteiger partial charge in [0, 0.05) is 25.7 Å². The van der Waals surface area contributed by atoms with Gasteiger partial charge in [0.1, 0.15) is 11.3 Å². The average Bonchev–Trinajstić information content (AvgIpc) is 2.52. The summed E-state index contributed by atoms with van der Waals surface area (Å²) in [6.45, 7) is 6.16. The number of ether oxygens (including phenoxy) is 1. The van der Waals surface area contributed by atoms with E-state index in [1.54, 1.807) is 39.0 Å². The van der Waals surface area contributed by atoms with Crippen LogP contribution in [0.25, 0.3) is 0 Å². The Hall–Kier alpha value is -2.35. The van der Waals surface area contributed by atoms with Gasteiger partial charge in [-0.25, -0.2) is 4.79 Å². The van der Waals surface area contributed by atoms with Crippen molar-refractivity contribution >= 4 is 17.5 Å². The van der Waals surface area contributed by atoms with Crippen LogP contribution >= 0.6 is 0 Å². The summed E-state index contributed by atoms with van der Waals surface area (Å²) in [5.41, 5.74) is -0.114. The Labute approximate surface area is 140 Å². The highest BCUT2D eigenvalue weighted by molar-refractivity contribution is 5.70. The minimum atomic E-state index is -0.619. The van der Waals surface area contributed by atoms with Crippen LogP contribution in [0, 0.1) is 10.1 Å². The molecule has 1 fully saturated rings. The molecule has 0 bridgehead atoms. The zero-order valence-electron chi connectivity index (χ0n) is 14.1. The Morgan fingerprint density at radius 2 is 2.04 bits per heavy atom. The molecule has 1 aromatic carbocycles. The minimum Gasteiger partial charge on any atom is -0.444 e. The number of rotatable bonds is 3. The molecule has 1 atom stereocenters. The molecule has 1 heterocycles. The number of carbonyl (C=O) groups is 1. The maximum atomic E-state index is 12.3. The third kappa shape index (κ3) is 4.14. The monoisotopic (exact) mass is 337 g/mol. The van der Waals surface area contributed by atoms with Crippen molar-refractivity contribution in [2.24, 2.45) is 0 Å². The van der Waals surface area contributed by atoms with Gasteiger partial charge in [0.25, 0.3) is 5.69 Å². The standard InChI is InChI=1S/C16H23N3O5/c1-16(2,3)24-15(21)18-9-8-17(10-12(18)11-20)13-6-4-5-7-14(13)19(22)23/h4-7,12,20H,8-11H2,1-3H3. The average molecular weight is 337 g/mol. The van der Waals surface area contributed by atoms with Crippen molar-refractivity contribution in [3.05, 3.63) is 34.4 Å². The van der Waals surface area contributed by atoms with E-state index in [1.807, 2.05) is 4.90 Å². The van der Waals surface area contributed by atoms with E-state index in [0.29, 0.717) is 25.3 Å². The molecule has 0 spiro atoms. The number of anilines is 1. The molecule has 0 aromatic heterocycles. The number of benzene rings is 1. The van der Waals surface area contributed by atoms with Gasteiger partial charge in [-0.15, -0.1) is 0 Å². The van der Waals surface area contributed by atoms with Crippen LogP contribution in [-0.4, -0.2) is 58.9 Å². The number of piperazine rings is 1. The van der Waals surface area contributed by atoms with E-state index < -0.39 is 22.7 Å². The molecule has 0 radical (unpaired) electrons. The van der Waals surface area contributed by atoms with Crippen molar-refractivity contribution in [2.75, 3.05) is 31.1 Å². The number of nitrogens with zero attached hydrogens (tertiary/aromatic N) is 3. The van der Waals surface area contributed by atoms with Crippen LogP contribution in [0.4, 0.5) is 16.2 Å². The number of hydrogen-bond acceptors (Lipinski definition) is 6.